The molecule has 4 rings (SSSR count). The first kappa shape index (κ1) is 21.5. The Balaban J connectivity index is 1.31. The van der Waals surface area contributed by atoms with Crippen LogP contribution in [-0.4, -0.2) is 49.9 Å². The van der Waals surface area contributed by atoms with Crippen LogP contribution in [-0.2, 0) is 11.3 Å². The first-order chi connectivity index (χ1) is 15.5. The number of methoxy groups -OCH3 is 2. The van der Waals surface area contributed by atoms with Gasteiger partial charge in [-0.25, -0.2) is 4.79 Å². The normalized spacial score (nSPS) is 15.8. The fourth-order valence-electron chi connectivity index (χ4n) is 4.21. The number of aromatic nitrogens is 1. The van der Waals surface area contributed by atoms with E-state index in [9.17, 15) is 9.59 Å². The van der Waals surface area contributed by atoms with Crippen molar-refractivity contribution in [2.75, 3.05) is 32.2 Å². The lowest BCUT2D eigenvalue weighted by Crippen LogP contribution is -2.44. The number of carbonyl (C=O) groups excluding carboxylic acids is 2. The van der Waals surface area contributed by atoms with Gasteiger partial charge in [-0.1, -0.05) is 18.2 Å². The second-order valence-corrected chi connectivity index (χ2v) is 7.84. The van der Waals surface area contributed by atoms with Crippen LogP contribution in [0.3, 0.4) is 0 Å². The Morgan fingerprint density at radius 1 is 1.09 bits per heavy atom. The van der Waals surface area contributed by atoms with Gasteiger partial charge in [0, 0.05) is 49.0 Å². The summed E-state index contributed by atoms with van der Waals surface area (Å²) in [6.07, 6.45) is 0.253. The third-order valence-electron chi connectivity index (χ3n) is 5.78. The van der Waals surface area contributed by atoms with Crippen LogP contribution in [0.5, 0.6) is 11.5 Å². The van der Waals surface area contributed by atoms with E-state index >= 15 is 0 Å². The van der Waals surface area contributed by atoms with Crippen LogP contribution in [0, 0.1) is 6.92 Å². The van der Waals surface area contributed by atoms with E-state index in [1.165, 1.54) is 5.39 Å². The molecule has 0 spiro atoms. The lowest BCUT2D eigenvalue weighted by Gasteiger charge is -2.19. The quantitative estimate of drug-likeness (QED) is 0.596. The molecule has 2 N–H and O–H groups in total. The van der Waals surface area contributed by atoms with Gasteiger partial charge in [0.15, 0.2) is 11.5 Å². The summed E-state index contributed by atoms with van der Waals surface area (Å²) in [5.41, 5.74) is 3.02. The Morgan fingerprint density at radius 3 is 2.66 bits per heavy atom. The van der Waals surface area contributed by atoms with Crippen molar-refractivity contribution in [2.45, 2.75) is 25.9 Å². The van der Waals surface area contributed by atoms with Crippen molar-refractivity contribution >= 4 is 28.5 Å². The zero-order valence-electron chi connectivity index (χ0n) is 18.6. The molecule has 8 heteroatoms. The topological polar surface area (TPSA) is 84.8 Å². The number of aryl methyl sites for hydroxylation is 1. The molecule has 1 aliphatic rings. The predicted molar refractivity (Wildman–Crippen MR) is 124 cm³/mol. The molecule has 168 valence electrons. The summed E-state index contributed by atoms with van der Waals surface area (Å²) in [5.74, 6) is 1.11. The number of nitrogens with one attached hydrogen (secondary N) is 2. The molecule has 2 heterocycles. The van der Waals surface area contributed by atoms with Gasteiger partial charge in [0.25, 0.3) is 0 Å². The van der Waals surface area contributed by atoms with E-state index in [-0.39, 0.29) is 24.4 Å². The predicted octanol–water partition coefficient (Wildman–Crippen LogP) is 3.07. The van der Waals surface area contributed by atoms with Crippen LogP contribution < -0.4 is 25.0 Å². The van der Waals surface area contributed by atoms with Crippen molar-refractivity contribution in [1.29, 1.82) is 0 Å². The third-order valence-corrected chi connectivity index (χ3v) is 5.78. The largest absolute Gasteiger partial charge is 0.493 e. The summed E-state index contributed by atoms with van der Waals surface area (Å²) in [6.45, 7) is 3.63. The van der Waals surface area contributed by atoms with E-state index in [2.05, 4.69) is 40.3 Å². The van der Waals surface area contributed by atoms with Crippen molar-refractivity contribution in [3.05, 3.63) is 54.2 Å². The second-order valence-electron chi connectivity index (χ2n) is 7.84. The smallest absolute Gasteiger partial charge is 0.315 e. The molecule has 8 nitrogen and oxygen atoms in total. The molecule has 1 saturated heterocycles. The van der Waals surface area contributed by atoms with Crippen molar-refractivity contribution in [2.24, 2.45) is 0 Å². The Hall–Kier alpha value is -3.68. The monoisotopic (exact) mass is 436 g/mol. The number of rotatable bonds is 7. The Bertz CT molecular complexity index is 1140. The number of hydrogen-bond acceptors (Lipinski definition) is 4. The van der Waals surface area contributed by atoms with Crippen molar-refractivity contribution in [3.8, 4) is 11.5 Å². The number of fused-ring (bicyclic) bond motifs is 1. The minimum atomic E-state index is -0.272. The lowest BCUT2D eigenvalue weighted by atomic mass is 10.2. The third kappa shape index (κ3) is 4.34. The molecule has 0 bridgehead atoms. The van der Waals surface area contributed by atoms with E-state index in [4.69, 9.17) is 9.47 Å². The zero-order valence-corrected chi connectivity index (χ0v) is 18.6. The van der Waals surface area contributed by atoms with Crippen LogP contribution in [0.2, 0.25) is 0 Å². The number of ether oxygens (including phenoxy) is 2. The second kappa shape index (κ2) is 9.21. The highest BCUT2D eigenvalue weighted by Crippen LogP contribution is 2.33. The molecule has 1 aliphatic heterocycles. The Morgan fingerprint density at radius 2 is 1.88 bits per heavy atom. The molecule has 3 aromatic rings. The molecule has 1 unspecified atom stereocenters. The Kier molecular flexibility index (Phi) is 6.20. The molecule has 2 aromatic carbocycles. The van der Waals surface area contributed by atoms with Gasteiger partial charge in [-0.2, -0.15) is 0 Å². The van der Waals surface area contributed by atoms with E-state index in [1.54, 1.807) is 31.3 Å². The summed E-state index contributed by atoms with van der Waals surface area (Å²) in [7, 11) is 3.12. The zero-order chi connectivity index (χ0) is 22.7. The maximum atomic E-state index is 12.5. The maximum absolute atomic E-state index is 12.5. The molecule has 32 heavy (non-hydrogen) atoms. The van der Waals surface area contributed by atoms with E-state index < -0.39 is 0 Å². The molecule has 0 aliphatic carbocycles. The first-order valence-corrected chi connectivity index (χ1v) is 10.6. The molecular formula is C24H28N4O4. The molecule has 1 fully saturated rings. The fraction of sp³-hybridized carbons (Fsp3) is 0.333. The van der Waals surface area contributed by atoms with Gasteiger partial charge in [-0.3, -0.25) is 4.79 Å². The van der Waals surface area contributed by atoms with Crippen LogP contribution >= 0.6 is 0 Å². The van der Waals surface area contributed by atoms with Gasteiger partial charge in [-0.05, 0) is 36.6 Å². The Labute approximate surface area is 187 Å². The molecule has 0 saturated carbocycles. The minimum Gasteiger partial charge on any atom is -0.493 e. The molecule has 1 atom stereocenters. The van der Waals surface area contributed by atoms with Crippen molar-refractivity contribution < 1.29 is 19.1 Å². The van der Waals surface area contributed by atoms with E-state index in [1.807, 2.05) is 18.2 Å². The number of benzene rings is 2. The SMILES string of the molecule is COc1ccc(N2CC(NC(=O)NCCn3c(C)cc4ccccc43)CC2=O)cc1OC. The van der Waals surface area contributed by atoms with Crippen LogP contribution in [0.4, 0.5) is 10.5 Å². The van der Waals surface area contributed by atoms with E-state index in [0.29, 0.717) is 36.8 Å². The van der Waals surface area contributed by atoms with Gasteiger partial charge >= 0.3 is 6.03 Å². The van der Waals surface area contributed by atoms with Crippen LogP contribution in [0.25, 0.3) is 10.9 Å². The van der Waals surface area contributed by atoms with Gasteiger partial charge in [0.05, 0.1) is 20.3 Å². The number of anilines is 1. The molecule has 0 radical (unpaired) electrons. The average molecular weight is 437 g/mol. The maximum Gasteiger partial charge on any atom is 0.315 e. The van der Waals surface area contributed by atoms with Crippen LogP contribution in [0.1, 0.15) is 12.1 Å². The highest BCUT2D eigenvalue weighted by Gasteiger charge is 2.32. The first-order valence-electron chi connectivity index (χ1n) is 10.6. The standard InChI is InChI=1S/C24H28N4O4/c1-16-12-17-6-4-5-7-20(17)27(16)11-10-25-24(30)26-18-13-23(29)28(15-18)19-8-9-21(31-2)22(14-19)32-3/h4-9,12,14,18H,10-11,13,15H2,1-3H3,(H2,25,26,30). The van der Waals surface area contributed by atoms with Crippen molar-refractivity contribution in [1.82, 2.24) is 15.2 Å². The molecular weight excluding hydrogens is 408 g/mol. The summed E-state index contributed by atoms with van der Waals surface area (Å²) in [5, 5.41) is 7.01. The lowest BCUT2D eigenvalue weighted by molar-refractivity contribution is -0.117. The van der Waals surface area contributed by atoms with E-state index in [0.717, 1.165) is 11.2 Å². The highest BCUT2D eigenvalue weighted by atomic mass is 16.5. The minimum absolute atomic E-state index is 0.0445. The molecule has 3 amide bonds. The number of nitrogens with zero attached hydrogens (tertiary/aromatic N) is 2. The summed E-state index contributed by atoms with van der Waals surface area (Å²) >= 11 is 0. The molecule has 1 aromatic heterocycles. The highest BCUT2D eigenvalue weighted by molar-refractivity contribution is 5.97. The fourth-order valence-corrected chi connectivity index (χ4v) is 4.21. The number of carbonyl (C=O) groups is 2. The van der Waals surface area contributed by atoms with Gasteiger partial charge in [-0.15, -0.1) is 0 Å². The number of urea groups is 1. The summed E-state index contributed by atoms with van der Waals surface area (Å²) in [4.78, 5) is 26.6. The van der Waals surface area contributed by atoms with Gasteiger partial charge in [0.1, 0.15) is 0 Å². The average Bonchev–Trinajstić information content (AvgIpc) is 3.31. The number of amides is 3. The van der Waals surface area contributed by atoms with Gasteiger partial charge < -0.3 is 29.6 Å². The number of hydrogen-bond donors (Lipinski definition) is 2. The van der Waals surface area contributed by atoms with Crippen LogP contribution in [0.15, 0.2) is 48.5 Å². The number of para-hydroxylation sites is 1. The van der Waals surface area contributed by atoms with Crippen molar-refractivity contribution in [3.63, 3.8) is 0 Å². The summed E-state index contributed by atoms with van der Waals surface area (Å²) in [6, 6.07) is 15.1. The summed E-state index contributed by atoms with van der Waals surface area (Å²) < 4.78 is 12.8. The van der Waals surface area contributed by atoms with Gasteiger partial charge in [0.2, 0.25) is 5.91 Å².